The minimum absolute atomic E-state index is 0.284. The first-order valence-corrected chi connectivity index (χ1v) is 6.27. The van der Waals surface area contributed by atoms with Crippen LogP contribution in [0.4, 0.5) is 0 Å². The van der Waals surface area contributed by atoms with E-state index in [2.05, 4.69) is 12.1 Å². The topological polar surface area (TPSA) is 66.6 Å². The Morgan fingerprint density at radius 3 is 2.61 bits per heavy atom. The van der Waals surface area contributed by atoms with Crippen LogP contribution in [0.15, 0.2) is 18.2 Å². The summed E-state index contributed by atoms with van der Waals surface area (Å²) in [6, 6.07) is 5.06. The summed E-state index contributed by atoms with van der Waals surface area (Å²) in [5.74, 6) is -0.964. The summed E-state index contributed by atoms with van der Waals surface area (Å²) >= 11 is 0. The van der Waals surface area contributed by atoms with Crippen molar-refractivity contribution in [2.45, 2.75) is 31.3 Å². The fourth-order valence-corrected chi connectivity index (χ4v) is 2.74. The molecule has 0 saturated heterocycles. The Hall–Kier alpha value is -1.39. The lowest BCUT2D eigenvalue weighted by Gasteiger charge is -2.28. The number of benzene rings is 1. The van der Waals surface area contributed by atoms with Crippen LogP contribution in [0.3, 0.4) is 0 Å². The largest absolute Gasteiger partial charge is 0.480 e. The van der Waals surface area contributed by atoms with Crippen LogP contribution in [0.25, 0.3) is 0 Å². The van der Waals surface area contributed by atoms with E-state index in [1.165, 1.54) is 17.5 Å². The van der Waals surface area contributed by atoms with Crippen LogP contribution in [0.5, 0.6) is 0 Å². The highest BCUT2D eigenvalue weighted by Crippen LogP contribution is 2.28. The van der Waals surface area contributed by atoms with Crippen LogP contribution in [0.2, 0.25) is 0 Å². The van der Waals surface area contributed by atoms with Gasteiger partial charge in [0.2, 0.25) is 0 Å². The number of carbonyl (C=O) groups is 1. The van der Waals surface area contributed by atoms with E-state index in [0.29, 0.717) is 0 Å². The molecule has 1 aliphatic carbocycles. The molecule has 3 N–H and O–H groups in total. The van der Waals surface area contributed by atoms with Gasteiger partial charge in [-0.15, -0.1) is 0 Å². The fraction of sp³-hybridized carbons (Fsp3) is 0.500. The number of nitrogens with zero attached hydrogens (tertiary/aromatic N) is 1. The molecule has 18 heavy (non-hydrogen) atoms. The van der Waals surface area contributed by atoms with Crippen molar-refractivity contribution in [2.24, 2.45) is 5.73 Å². The fourth-order valence-electron chi connectivity index (χ4n) is 2.74. The summed E-state index contributed by atoms with van der Waals surface area (Å²) in [6.07, 6.45) is 3.41. The van der Waals surface area contributed by atoms with Crippen LogP contribution in [-0.4, -0.2) is 36.1 Å². The molecular weight excluding hydrogens is 228 g/mol. The maximum absolute atomic E-state index is 11.1. The maximum Gasteiger partial charge on any atom is 0.322 e. The van der Waals surface area contributed by atoms with Gasteiger partial charge in [-0.25, -0.2) is 0 Å². The van der Waals surface area contributed by atoms with Crippen molar-refractivity contribution in [3.63, 3.8) is 0 Å². The lowest BCUT2D eigenvalue weighted by atomic mass is 9.95. The van der Waals surface area contributed by atoms with Crippen molar-refractivity contribution in [1.29, 1.82) is 0 Å². The van der Waals surface area contributed by atoms with Crippen molar-refractivity contribution >= 4 is 5.97 Å². The lowest BCUT2D eigenvalue weighted by Crippen LogP contribution is -2.43. The summed E-state index contributed by atoms with van der Waals surface area (Å²) in [4.78, 5) is 13.0. The zero-order valence-corrected chi connectivity index (χ0v) is 10.9. The van der Waals surface area contributed by atoms with Gasteiger partial charge in [0.05, 0.1) is 6.04 Å². The van der Waals surface area contributed by atoms with Gasteiger partial charge >= 0.3 is 5.97 Å². The minimum atomic E-state index is -0.964. The van der Waals surface area contributed by atoms with Gasteiger partial charge in [-0.1, -0.05) is 18.2 Å². The maximum atomic E-state index is 11.1. The first-order chi connectivity index (χ1) is 8.50. The monoisotopic (exact) mass is 248 g/mol. The summed E-state index contributed by atoms with van der Waals surface area (Å²) in [7, 11) is 3.72. The molecule has 2 rings (SSSR count). The van der Waals surface area contributed by atoms with Crippen LogP contribution in [-0.2, 0) is 17.6 Å². The predicted octanol–water partition coefficient (Wildman–Crippen LogP) is 1.19. The van der Waals surface area contributed by atoms with Crippen molar-refractivity contribution in [3.05, 3.63) is 34.9 Å². The van der Waals surface area contributed by atoms with Gasteiger partial charge < -0.3 is 15.7 Å². The number of hydrogen-bond donors (Lipinski definition) is 2. The number of aliphatic carboxylic acids is 1. The Labute approximate surface area is 107 Å². The minimum Gasteiger partial charge on any atom is -0.480 e. The number of likely N-dealkylation sites (N-methyl/N-ethyl adjacent to an activating group) is 1. The first kappa shape index (κ1) is 13.1. The van der Waals surface area contributed by atoms with Crippen LogP contribution in [0.1, 0.15) is 29.2 Å². The van der Waals surface area contributed by atoms with Crippen molar-refractivity contribution < 1.29 is 9.90 Å². The molecule has 0 radical (unpaired) electrons. The Kier molecular flexibility index (Phi) is 3.68. The zero-order chi connectivity index (χ0) is 13.3. The van der Waals surface area contributed by atoms with E-state index in [9.17, 15) is 4.79 Å². The van der Waals surface area contributed by atoms with Gasteiger partial charge in [0.1, 0.15) is 6.04 Å². The Morgan fingerprint density at radius 1 is 1.33 bits per heavy atom. The summed E-state index contributed by atoms with van der Waals surface area (Å²) < 4.78 is 0. The molecule has 0 aliphatic heterocycles. The zero-order valence-electron chi connectivity index (χ0n) is 10.9. The van der Waals surface area contributed by atoms with Crippen molar-refractivity contribution in [2.75, 3.05) is 14.1 Å². The van der Waals surface area contributed by atoms with E-state index < -0.39 is 12.0 Å². The Morgan fingerprint density at radius 2 is 2.00 bits per heavy atom. The van der Waals surface area contributed by atoms with Crippen LogP contribution in [0, 0.1) is 0 Å². The molecule has 0 fully saturated rings. The van der Waals surface area contributed by atoms with E-state index in [0.717, 1.165) is 18.4 Å². The third kappa shape index (κ3) is 2.40. The van der Waals surface area contributed by atoms with Gasteiger partial charge in [0.15, 0.2) is 0 Å². The number of fused-ring (bicyclic) bond motifs is 1. The first-order valence-electron chi connectivity index (χ1n) is 6.27. The van der Waals surface area contributed by atoms with Gasteiger partial charge in [-0.3, -0.25) is 4.79 Å². The van der Waals surface area contributed by atoms with Crippen LogP contribution >= 0.6 is 0 Å². The molecule has 0 amide bonds. The highest BCUT2D eigenvalue weighted by molar-refractivity contribution is 5.74. The molecule has 2 unspecified atom stereocenters. The second-order valence-electron chi connectivity index (χ2n) is 5.15. The molecule has 0 saturated carbocycles. The quantitative estimate of drug-likeness (QED) is 0.840. The van der Waals surface area contributed by atoms with Crippen LogP contribution < -0.4 is 5.73 Å². The van der Waals surface area contributed by atoms with Gasteiger partial charge in [-0.05, 0) is 50.0 Å². The molecule has 1 aromatic carbocycles. The van der Waals surface area contributed by atoms with Crippen molar-refractivity contribution in [3.8, 4) is 0 Å². The summed E-state index contributed by atoms with van der Waals surface area (Å²) in [6.45, 7) is 0. The summed E-state index contributed by atoms with van der Waals surface area (Å²) in [5, 5.41) is 9.10. The van der Waals surface area contributed by atoms with Crippen molar-refractivity contribution in [1.82, 2.24) is 4.90 Å². The second-order valence-corrected chi connectivity index (χ2v) is 5.15. The van der Waals surface area contributed by atoms with Gasteiger partial charge in [-0.2, -0.15) is 0 Å². The molecule has 0 spiro atoms. The molecule has 2 atom stereocenters. The molecule has 0 aromatic heterocycles. The molecule has 4 nitrogen and oxygen atoms in total. The van der Waals surface area contributed by atoms with Gasteiger partial charge in [0, 0.05) is 0 Å². The average molecular weight is 248 g/mol. The number of rotatable bonds is 4. The highest BCUT2D eigenvalue weighted by atomic mass is 16.4. The lowest BCUT2D eigenvalue weighted by molar-refractivity contribution is -0.140. The predicted molar refractivity (Wildman–Crippen MR) is 70.5 cm³/mol. The van der Waals surface area contributed by atoms with E-state index in [4.69, 9.17) is 10.8 Å². The standard InChI is InChI=1S/C14H20N2O2/c1-16(2)13(12(15)14(17)18)11-7-6-9-4-3-5-10(9)8-11/h6-8,12-13H,3-5,15H2,1-2H3,(H,17,18). The molecular formula is C14H20N2O2. The SMILES string of the molecule is CN(C)C(c1ccc2c(c1)CCC2)C(N)C(=O)O. The second kappa shape index (κ2) is 5.08. The number of carboxylic acids is 1. The van der Waals surface area contributed by atoms with E-state index in [1.807, 2.05) is 25.1 Å². The third-order valence-electron chi connectivity index (χ3n) is 3.65. The number of aryl methyl sites for hydroxylation is 2. The summed E-state index contributed by atoms with van der Waals surface area (Å²) in [5.41, 5.74) is 9.53. The highest BCUT2D eigenvalue weighted by Gasteiger charge is 2.28. The molecule has 0 bridgehead atoms. The Bertz CT molecular complexity index is 457. The molecule has 1 aliphatic rings. The molecule has 1 aromatic rings. The number of carboxylic acid groups (broad SMARTS) is 1. The molecule has 4 heteroatoms. The number of nitrogens with two attached hydrogens (primary N) is 1. The van der Waals surface area contributed by atoms with Gasteiger partial charge in [0.25, 0.3) is 0 Å². The van der Waals surface area contributed by atoms with E-state index in [1.54, 1.807) is 0 Å². The Balaban J connectivity index is 2.34. The smallest absolute Gasteiger partial charge is 0.322 e. The third-order valence-corrected chi connectivity index (χ3v) is 3.65. The molecule has 98 valence electrons. The normalized spacial score (nSPS) is 17.6. The molecule has 0 heterocycles. The van der Waals surface area contributed by atoms with E-state index in [-0.39, 0.29) is 6.04 Å². The number of hydrogen-bond acceptors (Lipinski definition) is 3. The van der Waals surface area contributed by atoms with E-state index >= 15 is 0 Å². The average Bonchev–Trinajstić information content (AvgIpc) is 2.75.